The number of nitrogens with one attached hydrogen (secondary N) is 1. The van der Waals surface area contributed by atoms with Gasteiger partial charge in [0.2, 0.25) is 5.91 Å². The topological polar surface area (TPSA) is 130 Å². The zero-order valence-electron chi connectivity index (χ0n) is 27.7. The zero-order chi connectivity index (χ0) is 35.4. The number of aryl methyl sites for hydroxylation is 1. The van der Waals surface area contributed by atoms with Crippen LogP contribution in [0.25, 0.3) is 0 Å². The third-order valence-corrected chi connectivity index (χ3v) is 10.7. The van der Waals surface area contributed by atoms with Gasteiger partial charge in [-0.25, -0.2) is 17.2 Å². The average molecular weight is 706 g/mol. The second kappa shape index (κ2) is 18.4. The zero-order valence-corrected chi connectivity index (χ0v) is 29.2. The molecule has 0 aliphatic heterocycles. The summed E-state index contributed by atoms with van der Waals surface area (Å²) in [5.74, 6) is -3.65. The Bertz CT molecular complexity index is 1620. The predicted octanol–water partition coefficient (Wildman–Crippen LogP) is 5.62. The summed E-state index contributed by atoms with van der Waals surface area (Å²) in [6.07, 6.45) is 1.31. The molecule has 0 aromatic heterocycles. The van der Waals surface area contributed by atoms with Crippen LogP contribution >= 0.6 is 11.6 Å². The molecule has 262 valence electrons. The summed E-state index contributed by atoms with van der Waals surface area (Å²) in [4.78, 5) is 29.1. The van der Waals surface area contributed by atoms with Gasteiger partial charge >= 0.3 is 0 Å². The van der Waals surface area contributed by atoms with Crippen molar-refractivity contribution in [3.05, 3.63) is 106 Å². The molecule has 1 unspecified atom stereocenters. The van der Waals surface area contributed by atoms with Crippen molar-refractivity contribution in [2.75, 3.05) is 12.3 Å². The normalized spacial score (nSPS) is 13.6. The van der Waals surface area contributed by atoms with E-state index in [0.29, 0.717) is 31.2 Å². The van der Waals surface area contributed by atoms with Crippen molar-refractivity contribution in [2.24, 2.45) is 5.73 Å². The average Bonchev–Trinajstić information content (AvgIpc) is 3.03. The number of aliphatic hydroxyl groups excluding tert-OH is 1. The summed E-state index contributed by atoms with van der Waals surface area (Å²) in [5, 5.41) is 13.4. The number of nitrogens with zero attached hydrogens (tertiary/aromatic N) is 1. The molecule has 48 heavy (non-hydrogen) atoms. The molecule has 3 rings (SSSR count). The fourth-order valence-electron chi connectivity index (χ4n) is 5.68. The van der Waals surface area contributed by atoms with Gasteiger partial charge in [-0.1, -0.05) is 75.5 Å². The van der Waals surface area contributed by atoms with Crippen molar-refractivity contribution in [3.8, 4) is 0 Å². The maximum atomic E-state index is 14.4. The van der Waals surface area contributed by atoms with Crippen LogP contribution in [0.5, 0.6) is 0 Å². The summed E-state index contributed by atoms with van der Waals surface area (Å²) >= 11 is 6.10. The number of nitrogens with two attached hydrogens (primary N) is 1. The van der Waals surface area contributed by atoms with Crippen LogP contribution in [0.4, 0.5) is 8.78 Å². The van der Waals surface area contributed by atoms with E-state index in [1.807, 2.05) is 39.0 Å². The molecule has 0 fully saturated rings. The highest BCUT2D eigenvalue weighted by Gasteiger charge is 2.36. The van der Waals surface area contributed by atoms with Gasteiger partial charge in [-0.3, -0.25) is 9.59 Å². The lowest BCUT2D eigenvalue weighted by atomic mass is 10.0. The number of halogens is 3. The predicted molar refractivity (Wildman–Crippen MR) is 185 cm³/mol. The Kier molecular flexibility index (Phi) is 15.0. The standard InChI is InChI=1S/C36H46ClF2N3O5S/c1-4-9-31(10-5-2)48(46,47)23-33(41-35(44)27-13-8-14-28(37)19-27)36(45)42(21-25-12-7-11-24(6-3)15-25)22-34(43)32(40)18-26-16-29(38)20-30(39)17-26/h7-8,11-17,19-20,31-34,43H,4-6,9-10,18,21-23,40H2,1-3H3,(H,41,44)/t32-,33?,34-/m1/s1. The molecule has 3 aromatic carbocycles. The lowest BCUT2D eigenvalue weighted by Gasteiger charge is -2.32. The number of carbonyl (C=O) groups excluding carboxylic acids is 2. The molecule has 0 heterocycles. The van der Waals surface area contributed by atoms with E-state index in [4.69, 9.17) is 17.3 Å². The Labute approximate surface area is 287 Å². The van der Waals surface area contributed by atoms with Crippen molar-refractivity contribution in [2.45, 2.75) is 89.3 Å². The van der Waals surface area contributed by atoms with E-state index >= 15 is 0 Å². The minimum atomic E-state index is -3.88. The number of sulfone groups is 1. The maximum absolute atomic E-state index is 14.4. The van der Waals surface area contributed by atoms with Crippen molar-refractivity contribution in [3.63, 3.8) is 0 Å². The van der Waals surface area contributed by atoms with E-state index in [0.717, 1.165) is 30.2 Å². The Balaban J connectivity index is 2.00. The lowest BCUT2D eigenvalue weighted by molar-refractivity contribution is -0.135. The van der Waals surface area contributed by atoms with Crippen LogP contribution in [-0.4, -0.2) is 66.0 Å². The molecular formula is C36H46ClF2N3O5S. The number of carbonyl (C=O) groups is 2. The molecule has 0 radical (unpaired) electrons. The van der Waals surface area contributed by atoms with E-state index < -0.39 is 62.5 Å². The first-order chi connectivity index (χ1) is 22.8. The first-order valence-corrected chi connectivity index (χ1v) is 18.4. The minimum Gasteiger partial charge on any atom is -0.390 e. The highest BCUT2D eigenvalue weighted by atomic mass is 35.5. The van der Waals surface area contributed by atoms with Gasteiger partial charge < -0.3 is 21.1 Å². The molecule has 0 aliphatic rings. The summed E-state index contributed by atoms with van der Waals surface area (Å²) in [6, 6.07) is 13.9. The molecule has 12 heteroatoms. The quantitative estimate of drug-likeness (QED) is 0.158. The fourth-order valence-corrected chi connectivity index (χ4v) is 8.02. The summed E-state index contributed by atoms with van der Waals surface area (Å²) in [6.45, 7) is 5.38. The van der Waals surface area contributed by atoms with Gasteiger partial charge in [-0.2, -0.15) is 0 Å². The van der Waals surface area contributed by atoms with Crippen LogP contribution in [0.15, 0.2) is 66.7 Å². The summed E-state index contributed by atoms with van der Waals surface area (Å²) in [5.41, 5.74) is 8.36. The number of hydrogen-bond acceptors (Lipinski definition) is 6. The first-order valence-electron chi connectivity index (χ1n) is 16.3. The number of hydrogen-bond donors (Lipinski definition) is 3. The van der Waals surface area contributed by atoms with Gasteiger partial charge in [0.15, 0.2) is 9.84 Å². The maximum Gasteiger partial charge on any atom is 0.252 e. The van der Waals surface area contributed by atoms with E-state index in [1.165, 1.54) is 17.0 Å². The molecular weight excluding hydrogens is 660 g/mol. The van der Waals surface area contributed by atoms with Gasteiger partial charge in [0.25, 0.3) is 5.91 Å². The third kappa shape index (κ3) is 11.6. The SMILES string of the molecule is CCCC(CCC)S(=O)(=O)CC(NC(=O)c1cccc(Cl)c1)C(=O)N(Cc1cccc(CC)c1)C[C@@H](O)[C@H](N)Cc1cc(F)cc(F)c1. The fraction of sp³-hybridized carbons (Fsp3) is 0.444. The molecule has 3 aromatic rings. The third-order valence-electron chi connectivity index (χ3n) is 8.20. The van der Waals surface area contributed by atoms with E-state index in [9.17, 15) is 31.9 Å². The molecule has 3 atom stereocenters. The van der Waals surface area contributed by atoms with Crippen molar-refractivity contribution < 1.29 is 31.9 Å². The van der Waals surface area contributed by atoms with Crippen molar-refractivity contribution >= 4 is 33.3 Å². The Hall–Kier alpha value is -3.38. The van der Waals surface area contributed by atoms with Crippen LogP contribution in [0.2, 0.25) is 5.02 Å². The number of rotatable bonds is 18. The summed E-state index contributed by atoms with van der Waals surface area (Å²) in [7, 11) is -3.88. The van der Waals surface area contributed by atoms with Gasteiger partial charge in [0, 0.05) is 35.8 Å². The van der Waals surface area contributed by atoms with Crippen molar-refractivity contribution in [1.29, 1.82) is 0 Å². The van der Waals surface area contributed by atoms with Crippen LogP contribution in [0.1, 0.15) is 73.5 Å². The molecule has 0 bridgehead atoms. The van der Waals surface area contributed by atoms with Gasteiger partial charge in [0.1, 0.15) is 17.7 Å². The van der Waals surface area contributed by atoms with Crippen LogP contribution in [-0.2, 0) is 34.0 Å². The number of benzene rings is 3. The first kappa shape index (κ1) is 39.1. The monoisotopic (exact) mass is 705 g/mol. The van der Waals surface area contributed by atoms with E-state index in [-0.39, 0.29) is 35.7 Å². The largest absolute Gasteiger partial charge is 0.390 e. The highest BCUT2D eigenvalue weighted by Crippen LogP contribution is 2.20. The van der Waals surface area contributed by atoms with Crippen LogP contribution in [0.3, 0.4) is 0 Å². The second-order valence-electron chi connectivity index (χ2n) is 12.2. The molecule has 2 amide bonds. The molecule has 0 saturated heterocycles. The van der Waals surface area contributed by atoms with Crippen LogP contribution in [0, 0.1) is 11.6 Å². The van der Waals surface area contributed by atoms with E-state index in [2.05, 4.69) is 5.32 Å². The van der Waals surface area contributed by atoms with Gasteiger partial charge in [-0.15, -0.1) is 0 Å². The number of amides is 2. The highest BCUT2D eigenvalue weighted by molar-refractivity contribution is 7.92. The Morgan fingerprint density at radius 3 is 2.15 bits per heavy atom. The molecule has 0 spiro atoms. The Morgan fingerprint density at radius 1 is 0.917 bits per heavy atom. The Morgan fingerprint density at radius 2 is 1.54 bits per heavy atom. The molecule has 4 N–H and O–H groups in total. The molecule has 8 nitrogen and oxygen atoms in total. The number of aliphatic hydroxyl groups is 1. The second-order valence-corrected chi connectivity index (χ2v) is 14.9. The smallest absolute Gasteiger partial charge is 0.252 e. The minimum absolute atomic E-state index is 0.0258. The van der Waals surface area contributed by atoms with Crippen LogP contribution < -0.4 is 11.1 Å². The van der Waals surface area contributed by atoms with Gasteiger partial charge in [0.05, 0.1) is 17.1 Å². The lowest BCUT2D eigenvalue weighted by Crippen LogP contribution is -2.55. The van der Waals surface area contributed by atoms with Crippen molar-refractivity contribution in [1.82, 2.24) is 10.2 Å². The molecule has 0 saturated carbocycles. The molecule has 0 aliphatic carbocycles. The van der Waals surface area contributed by atoms with E-state index in [1.54, 1.807) is 18.2 Å². The van der Waals surface area contributed by atoms with Gasteiger partial charge in [-0.05, 0) is 72.7 Å². The summed E-state index contributed by atoms with van der Waals surface area (Å²) < 4.78 is 55.2.